The maximum Gasteiger partial charge on any atom is 0.131 e. The van der Waals surface area contributed by atoms with E-state index >= 15 is 0 Å². The van der Waals surface area contributed by atoms with Crippen molar-refractivity contribution in [3.05, 3.63) is 36.0 Å². The number of ether oxygens (including phenoxy) is 1. The summed E-state index contributed by atoms with van der Waals surface area (Å²) in [6, 6.07) is 10.2. The number of hydrogen-bond donors (Lipinski definition) is 1. The predicted molar refractivity (Wildman–Crippen MR) is 84.1 cm³/mol. The summed E-state index contributed by atoms with van der Waals surface area (Å²) in [6.45, 7) is 10.2. The number of fused-ring (bicyclic) bond motifs is 1. The van der Waals surface area contributed by atoms with Crippen molar-refractivity contribution in [2.75, 3.05) is 6.54 Å². The van der Waals surface area contributed by atoms with Crippen LogP contribution >= 0.6 is 0 Å². The number of rotatable bonds is 6. The van der Waals surface area contributed by atoms with Gasteiger partial charge in [0.15, 0.2) is 0 Å². The Kier molecular flexibility index (Phi) is 4.61. The SMILES string of the molecule is CCNCc1cc(OC(C)(C)CC)c2ccccc2n1. The molecule has 1 aromatic heterocycles. The molecule has 0 saturated carbocycles. The van der Waals surface area contributed by atoms with Crippen molar-refractivity contribution in [2.24, 2.45) is 0 Å². The summed E-state index contributed by atoms with van der Waals surface area (Å²) in [5.41, 5.74) is 1.84. The molecule has 3 nitrogen and oxygen atoms in total. The molecule has 0 aliphatic carbocycles. The fourth-order valence-electron chi connectivity index (χ4n) is 1.99. The number of aromatic nitrogens is 1. The van der Waals surface area contributed by atoms with E-state index in [1.807, 2.05) is 18.2 Å². The number of pyridine rings is 1. The van der Waals surface area contributed by atoms with Crippen molar-refractivity contribution in [3.8, 4) is 5.75 Å². The van der Waals surface area contributed by atoms with Gasteiger partial charge in [0.2, 0.25) is 0 Å². The van der Waals surface area contributed by atoms with Gasteiger partial charge in [0.05, 0.1) is 11.2 Å². The second-order valence-electron chi connectivity index (χ2n) is 5.62. The van der Waals surface area contributed by atoms with Crippen molar-refractivity contribution in [3.63, 3.8) is 0 Å². The second kappa shape index (κ2) is 6.23. The molecule has 0 fully saturated rings. The van der Waals surface area contributed by atoms with Gasteiger partial charge >= 0.3 is 0 Å². The molecule has 0 amide bonds. The average molecular weight is 272 g/mol. The average Bonchev–Trinajstić information content (AvgIpc) is 2.45. The summed E-state index contributed by atoms with van der Waals surface area (Å²) < 4.78 is 6.22. The Morgan fingerprint density at radius 1 is 1.20 bits per heavy atom. The quantitative estimate of drug-likeness (QED) is 0.865. The minimum absolute atomic E-state index is 0.167. The van der Waals surface area contributed by atoms with E-state index in [9.17, 15) is 0 Å². The third-order valence-corrected chi connectivity index (χ3v) is 3.53. The van der Waals surface area contributed by atoms with Crippen LogP contribution in [0.25, 0.3) is 10.9 Å². The maximum absolute atomic E-state index is 6.22. The fourth-order valence-corrected chi connectivity index (χ4v) is 1.99. The van der Waals surface area contributed by atoms with E-state index in [-0.39, 0.29) is 5.60 Å². The van der Waals surface area contributed by atoms with E-state index < -0.39 is 0 Å². The topological polar surface area (TPSA) is 34.1 Å². The summed E-state index contributed by atoms with van der Waals surface area (Å²) in [6.07, 6.45) is 0.964. The fraction of sp³-hybridized carbons (Fsp3) is 0.471. The molecule has 1 aromatic carbocycles. The zero-order valence-electron chi connectivity index (χ0n) is 12.9. The van der Waals surface area contributed by atoms with Crippen molar-refractivity contribution in [1.82, 2.24) is 10.3 Å². The van der Waals surface area contributed by atoms with E-state index in [2.05, 4.69) is 50.1 Å². The van der Waals surface area contributed by atoms with Crippen LogP contribution < -0.4 is 10.1 Å². The molecule has 20 heavy (non-hydrogen) atoms. The molecule has 0 aliphatic rings. The zero-order valence-corrected chi connectivity index (χ0v) is 12.9. The van der Waals surface area contributed by atoms with Gasteiger partial charge in [-0.2, -0.15) is 0 Å². The summed E-state index contributed by atoms with van der Waals surface area (Å²) in [7, 11) is 0. The molecule has 0 unspecified atom stereocenters. The van der Waals surface area contributed by atoms with Crippen molar-refractivity contribution in [1.29, 1.82) is 0 Å². The first-order chi connectivity index (χ1) is 9.55. The van der Waals surface area contributed by atoms with Gasteiger partial charge in [-0.05, 0) is 38.9 Å². The Hall–Kier alpha value is -1.61. The molecular weight excluding hydrogens is 248 g/mol. The normalized spacial score (nSPS) is 11.8. The molecule has 0 bridgehead atoms. The van der Waals surface area contributed by atoms with Gasteiger partial charge in [-0.15, -0.1) is 0 Å². The van der Waals surface area contributed by atoms with Gasteiger partial charge in [0.1, 0.15) is 11.4 Å². The zero-order chi connectivity index (χ0) is 14.6. The molecule has 0 radical (unpaired) electrons. The third kappa shape index (κ3) is 3.48. The van der Waals surface area contributed by atoms with Crippen LogP contribution in [0.5, 0.6) is 5.75 Å². The molecule has 0 atom stereocenters. The molecule has 0 aliphatic heterocycles. The number of para-hydroxylation sites is 1. The Balaban J connectivity index is 2.43. The van der Waals surface area contributed by atoms with Crippen molar-refractivity contribution in [2.45, 2.75) is 46.3 Å². The Bertz CT molecular complexity index is 578. The summed E-state index contributed by atoms with van der Waals surface area (Å²) in [4.78, 5) is 4.69. The molecular formula is C17H24N2O. The van der Waals surface area contributed by atoms with Gasteiger partial charge in [-0.3, -0.25) is 4.98 Å². The minimum Gasteiger partial charge on any atom is -0.487 e. The van der Waals surface area contributed by atoms with Crippen molar-refractivity contribution >= 4 is 10.9 Å². The van der Waals surface area contributed by atoms with Crippen LogP contribution in [0.2, 0.25) is 0 Å². The summed E-state index contributed by atoms with van der Waals surface area (Å²) in [5, 5.41) is 4.39. The van der Waals surface area contributed by atoms with Gasteiger partial charge in [0.25, 0.3) is 0 Å². The van der Waals surface area contributed by atoms with E-state index in [1.54, 1.807) is 0 Å². The lowest BCUT2D eigenvalue weighted by atomic mass is 10.1. The van der Waals surface area contributed by atoms with Gasteiger partial charge < -0.3 is 10.1 Å². The number of nitrogens with one attached hydrogen (secondary N) is 1. The van der Waals surface area contributed by atoms with Crippen LogP contribution in [-0.2, 0) is 6.54 Å². The Labute approximate surface area is 121 Å². The highest BCUT2D eigenvalue weighted by Gasteiger charge is 2.19. The van der Waals surface area contributed by atoms with Gasteiger partial charge in [0, 0.05) is 18.0 Å². The summed E-state index contributed by atoms with van der Waals surface area (Å²) in [5.74, 6) is 0.926. The highest BCUT2D eigenvalue weighted by Crippen LogP contribution is 2.29. The standard InChI is InChI=1S/C17H24N2O/c1-5-17(3,4)20-16-11-13(12-18-6-2)19-15-10-8-7-9-14(15)16/h7-11,18H,5-6,12H2,1-4H3. The molecule has 0 spiro atoms. The highest BCUT2D eigenvalue weighted by molar-refractivity contribution is 5.85. The maximum atomic E-state index is 6.22. The van der Waals surface area contributed by atoms with E-state index in [0.717, 1.165) is 41.9 Å². The second-order valence-corrected chi connectivity index (χ2v) is 5.62. The first-order valence-corrected chi connectivity index (χ1v) is 7.34. The summed E-state index contributed by atoms with van der Waals surface area (Å²) >= 11 is 0. The third-order valence-electron chi connectivity index (χ3n) is 3.53. The van der Waals surface area contributed by atoms with Crippen LogP contribution in [0, 0.1) is 0 Å². The minimum atomic E-state index is -0.167. The predicted octanol–water partition coefficient (Wildman–Crippen LogP) is 3.91. The van der Waals surface area contributed by atoms with Crippen LogP contribution in [0.1, 0.15) is 39.8 Å². The lowest BCUT2D eigenvalue weighted by Crippen LogP contribution is -2.27. The molecule has 1 heterocycles. The molecule has 2 rings (SSSR count). The lowest BCUT2D eigenvalue weighted by Gasteiger charge is -2.26. The largest absolute Gasteiger partial charge is 0.487 e. The molecule has 108 valence electrons. The van der Waals surface area contributed by atoms with Crippen LogP contribution in [0.4, 0.5) is 0 Å². The smallest absolute Gasteiger partial charge is 0.131 e. The Morgan fingerprint density at radius 3 is 2.65 bits per heavy atom. The molecule has 3 heteroatoms. The number of benzene rings is 1. The van der Waals surface area contributed by atoms with E-state index in [1.165, 1.54) is 0 Å². The number of nitrogens with zero attached hydrogens (tertiary/aromatic N) is 1. The number of hydrogen-bond acceptors (Lipinski definition) is 3. The van der Waals surface area contributed by atoms with E-state index in [0.29, 0.717) is 0 Å². The van der Waals surface area contributed by atoms with Crippen molar-refractivity contribution < 1.29 is 4.74 Å². The van der Waals surface area contributed by atoms with E-state index in [4.69, 9.17) is 4.74 Å². The Morgan fingerprint density at radius 2 is 1.95 bits per heavy atom. The van der Waals surface area contributed by atoms with Gasteiger partial charge in [-0.1, -0.05) is 26.0 Å². The monoisotopic (exact) mass is 272 g/mol. The van der Waals surface area contributed by atoms with Crippen LogP contribution in [-0.4, -0.2) is 17.1 Å². The highest BCUT2D eigenvalue weighted by atomic mass is 16.5. The lowest BCUT2D eigenvalue weighted by molar-refractivity contribution is 0.107. The molecule has 2 aromatic rings. The first kappa shape index (κ1) is 14.8. The van der Waals surface area contributed by atoms with Crippen LogP contribution in [0.15, 0.2) is 30.3 Å². The van der Waals surface area contributed by atoms with Gasteiger partial charge in [-0.25, -0.2) is 0 Å². The first-order valence-electron chi connectivity index (χ1n) is 7.34. The van der Waals surface area contributed by atoms with Crippen LogP contribution in [0.3, 0.4) is 0 Å². The molecule has 1 N–H and O–H groups in total. The molecule has 0 saturated heterocycles.